The van der Waals surface area contributed by atoms with Crippen LogP contribution in [0.2, 0.25) is 0 Å². The molecule has 0 spiro atoms. The molecule has 0 fully saturated rings. The molecule has 2 N–H and O–H groups in total. The van der Waals surface area contributed by atoms with Crippen LogP contribution in [-0.4, -0.2) is 24.0 Å². The van der Waals surface area contributed by atoms with Crippen LogP contribution in [0.25, 0.3) is 0 Å². The minimum absolute atomic E-state index is 0.126. The Morgan fingerprint density at radius 2 is 1.85 bits per heavy atom. The zero-order valence-electron chi connectivity index (χ0n) is 7.44. The smallest absolute Gasteiger partial charge is 0.332 e. The van der Waals surface area contributed by atoms with Crippen molar-refractivity contribution in [1.82, 2.24) is 0 Å². The number of hydrogen-bond acceptors (Lipinski definition) is 3. The van der Waals surface area contributed by atoms with Gasteiger partial charge in [-0.15, -0.1) is 0 Å². The predicted octanol–water partition coefficient (Wildman–Crippen LogP) is 1.03. The van der Waals surface area contributed by atoms with Crippen molar-refractivity contribution in [2.75, 3.05) is 0 Å². The molecule has 0 aliphatic heterocycles. The summed E-state index contributed by atoms with van der Waals surface area (Å²) >= 11 is 0. The summed E-state index contributed by atoms with van der Waals surface area (Å²) in [6, 6.07) is 0. The van der Waals surface area contributed by atoms with Gasteiger partial charge >= 0.3 is 5.97 Å². The molecule has 0 rings (SSSR count). The maximum absolute atomic E-state index is 10.6. The number of rotatable bonds is 4. The van der Waals surface area contributed by atoms with Crippen LogP contribution < -0.4 is 0 Å². The predicted molar refractivity (Wildman–Crippen MR) is 46.8 cm³/mol. The highest BCUT2D eigenvalue weighted by atomic mass is 32.2. The minimum Gasteiger partial charge on any atom is -0.478 e. The number of aliphatic carboxylic acids is 1. The first-order chi connectivity index (χ1) is 5.80. The number of carboxylic acids is 1. The van der Waals surface area contributed by atoms with Crippen LogP contribution in [0.4, 0.5) is 0 Å². The lowest BCUT2D eigenvalue weighted by atomic mass is 10.1. The summed E-state index contributed by atoms with van der Waals surface area (Å²) in [4.78, 5) is 10.1. The van der Waals surface area contributed by atoms with Crippen molar-refractivity contribution in [3.63, 3.8) is 0 Å². The van der Waals surface area contributed by atoms with Gasteiger partial charge in [0.15, 0.2) is 0 Å². The van der Waals surface area contributed by atoms with Crippen molar-refractivity contribution >= 4 is 16.1 Å². The monoisotopic (exact) mass is 208 g/mol. The van der Waals surface area contributed by atoms with Crippen LogP contribution in [0.1, 0.15) is 26.7 Å². The van der Waals surface area contributed by atoms with Gasteiger partial charge in [0, 0.05) is 0 Å². The van der Waals surface area contributed by atoms with Crippen molar-refractivity contribution in [1.29, 1.82) is 0 Å². The molecule has 0 aromatic rings. The quantitative estimate of drug-likeness (QED) is 0.532. The summed E-state index contributed by atoms with van der Waals surface area (Å²) in [5.74, 6) is -1.31. The molecule has 0 aliphatic carbocycles. The first-order valence-electron chi connectivity index (χ1n) is 3.71. The van der Waals surface area contributed by atoms with Crippen molar-refractivity contribution in [2.45, 2.75) is 26.7 Å². The van der Waals surface area contributed by atoms with E-state index in [0.717, 1.165) is 6.92 Å². The average molecular weight is 208 g/mol. The molecule has 0 saturated carbocycles. The van der Waals surface area contributed by atoms with Gasteiger partial charge in [-0.1, -0.05) is 13.3 Å². The molecule has 76 valence electrons. The maximum atomic E-state index is 10.6. The molecule has 6 heteroatoms. The van der Waals surface area contributed by atoms with Gasteiger partial charge < -0.3 is 5.11 Å². The molecule has 0 aliphatic rings. The van der Waals surface area contributed by atoms with Crippen LogP contribution in [0.3, 0.4) is 0 Å². The molecule has 5 nitrogen and oxygen atoms in total. The Kier molecular flexibility index (Phi) is 4.09. The Morgan fingerprint density at radius 3 is 2.08 bits per heavy atom. The Labute approximate surface area is 76.8 Å². The third-order valence-corrected chi connectivity index (χ3v) is 2.59. The third kappa shape index (κ3) is 3.56. The first-order valence-corrected chi connectivity index (χ1v) is 5.15. The zero-order chi connectivity index (χ0) is 10.6. The fraction of sp³-hybridized carbons (Fsp3) is 0.571. The lowest BCUT2D eigenvalue weighted by Crippen LogP contribution is -2.09. The van der Waals surface area contributed by atoms with E-state index in [1.54, 1.807) is 6.92 Å². The van der Waals surface area contributed by atoms with Crippen molar-refractivity contribution < 1.29 is 22.9 Å². The maximum Gasteiger partial charge on any atom is 0.332 e. The number of allylic oxidation sites excluding steroid dienone is 1. The van der Waals surface area contributed by atoms with Gasteiger partial charge in [0.1, 0.15) is 0 Å². The molecule has 0 aromatic carbocycles. The lowest BCUT2D eigenvalue weighted by molar-refractivity contribution is -0.132. The van der Waals surface area contributed by atoms with E-state index in [2.05, 4.69) is 0 Å². The summed E-state index contributed by atoms with van der Waals surface area (Å²) in [6.45, 7) is 2.80. The summed E-state index contributed by atoms with van der Waals surface area (Å²) in [5.41, 5.74) is -0.259. The van der Waals surface area contributed by atoms with E-state index in [9.17, 15) is 13.2 Å². The molecule has 0 saturated heterocycles. The fourth-order valence-corrected chi connectivity index (χ4v) is 1.34. The fourth-order valence-electron chi connectivity index (χ4n) is 0.839. The summed E-state index contributed by atoms with van der Waals surface area (Å²) in [5, 5.41) is 8.60. The Morgan fingerprint density at radius 1 is 1.38 bits per heavy atom. The summed E-state index contributed by atoms with van der Waals surface area (Å²) < 4.78 is 29.8. The zero-order valence-corrected chi connectivity index (χ0v) is 8.26. The topological polar surface area (TPSA) is 91.7 Å². The van der Waals surface area contributed by atoms with Gasteiger partial charge in [-0.2, -0.15) is 8.42 Å². The van der Waals surface area contributed by atoms with Gasteiger partial charge in [0.05, 0.1) is 10.5 Å². The van der Waals surface area contributed by atoms with Gasteiger partial charge in [-0.25, -0.2) is 4.79 Å². The van der Waals surface area contributed by atoms with Gasteiger partial charge in [-0.05, 0) is 13.3 Å². The second-order valence-corrected chi connectivity index (χ2v) is 4.13. The second-order valence-electron chi connectivity index (χ2n) is 2.56. The minimum atomic E-state index is -4.37. The van der Waals surface area contributed by atoms with Crippen LogP contribution in [0.5, 0.6) is 0 Å². The largest absolute Gasteiger partial charge is 0.478 e. The molecular weight excluding hydrogens is 196 g/mol. The van der Waals surface area contributed by atoms with Crippen molar-refractivity contribution in [3.05, 3.63) is 10.5 Å². The van der Waals surface area contributed by atoms with Gasteiger partial charge in [0.2, 0.25) is 0 Å². The lowest BCUT2D eigenvalue weighted by Gasteiger charge is -2.03. The van der Waals surface area contributed by atoms with Crippen molar-refractivity contribution in [3.8, 4) is 0 Å². The highest BCUT2D eigenvalue weighted by Crippen LogP contribution is 2.15. The molecule has 0 atom stereocenters. The van der Waals surface area contributed by atoms with E-state index < -0.39 is 21.0 Å². The molecule has 13 heavy (non-hydrogen) atoms. The molecule has 0 unspecified atom stereocenters. The highest BCUT2D eigenvalue weighted by molar-refractivity contribution is 7.89. The van der Waals surface area contributed by atoms with E-state index in [0.29, 0.717) is 6.42 Å². The average Bonchev–Trinajstić information content (AvgIpc) is 1.96. The van der Waals surface area contributed by atoms with Crippen molar-refractivity contribution in [2.24, 2.45) is 0 Å². The second kappa shape index (κ2) is 4.38. The van der Waals surface area contributed by atoms with Crippen LogP contribution in [0.15, 0.2) is 10.5 Å². The molecule has 0 aromatic heterocycles. The van der Waals surface area contributed by atoms with Crippen LogP contribution in [-0.2, 0) is 14.9 Å². The SMILES string of the molecule is CCCC(C(=O)O)=C(C)S(=O)(=O)O. The third-order valence-electron chi connectivity index (χ3n) is 1.57. The Bertz CT molecular complexity index is 325. The van der Waals surface area contributed by atoms with Gasteiger partial charge in [0.25, 0.3) is 10.1 Å². The molecular formula is C7H12O5S. The number of hydrogen-bond donors (Lipinski definition) is 2. The Hall–Kier alpha value is -0.880. The molecule has 0 heterocycles. The van der Waals surface area contributed by atoms with E-state index >= 15 is 0 Å². The van der Waals surface area contributed by atoms with Crippen LogP contribution >= 0.6 is 0 Å². The highest BCUT2D eigenvalue weighted by Gasteiger charge is 2.18. The summed E-state index contributed by atoms with van der Waals surface area (Å²) in [7, 11) is -4.37. The standard InChI is InChI=1S/C7H12O5S/c1-3-4-6(7(8)9)5(2)13(10,11)12/h3-4H2,1-2H3,(H,8,9)(H,10,11,12). The van der Waals surface area contributed by atoms with E-state index in [1.807, 2.05) is 0 Å². The molecule has 0 amide bonds. The van der Waals surface area contributed by atoms with Gasteiger partial charge in [-0.3, -0.25) is 4.55 Å². The van der Waals surface area contributed by atoms with E-state index in [1.165, 1.54) is 0 Å². The van der Waals surface area contributed by atoms with E-state index in [-0.39, 0.29) is 12.0 Å². The van der Waals surface area contributed by atoms with Crippen LogP contribution in [0, 0.1) is 0 Å². The normalized spacial score (nSPS) is 13.8. The number of carboxylic acid groups (broad SMARTS) is 1. The molecule has 0 radical (unpaired) electrons. The Balaban J connectivity index is 5.23. The number of carbonyl (C=O) groups is 1. The van der Waals surface area contributed by atoms with E-state index in [4.69, 9.17) is 9.66 Å². The first kappa shape index (κ1) is 12.1. The summed E-state index contributed by atoms with van der Waals surface area (Å²) in [6.07, 6.45) is 0.634. The molecule has 0 bridgehead atoms.